The Morgan fingerprint density at radius 2 is 2.18 bits per heavy atom. The van der Waals surface area contributed by atoms with E-state index in [1.807, 2.05) is 6.07 Å². The Labute approximate surface area is 100 Å². The summed E-state index contributed by atoms with van der Waals surface area (Å²) in [5.74, 6) is -0.244. The predicted molar refractivity (Wildman–Crippen MR) is 64.0 cm³/mol. The van der Waals surface area contributed by atoms with Gasteiger partial charge in [0.1, 0.15) is 12.2 Å². The number of aliphatic hydroxyl groups is 2. The van der Waals surface area contributed by atoms with E-state index in [0.717, 1.165) is 5.56 Å². The molecule has 0 heterocycles. The van der Waals surface area contributed by atoms with Gasteiger partial charge in [-0.3, -0.25) is 4.79 Å². The minimum Gasteiger partial charge on any atom is -0.388 e. The summed E-state index contributed by atoms with van der Waals surface area (Å²) in [5, 5.41) is 22.0. The molecule has 0 aliphatic carbocycles. The molecule has 1 rings (SSSR count). The fraction of sp³-hybridized carbons (Fsp3) is 0.417. The van der Waals surface area contributed by atoms with Gasteiger partial charge in [0.15, 0.2) is 0 Å². The van der Waals surface area contributed by atoms with Crippen molar-refractivity contribution >= 4 is 5.91 Å². The Kier molecular flexibility index (Phi) is 5.09. The SMILES string of the molecule is CC(=O)NCC(O)C(O)c1cccc(CN)c1. The molecule has 0 bridgehead atoms. The molecule has 5 heteroatoms. The van der Waals surface area contributed by atoms with Crippen LogP contribution in [0.25, 0.3) is 0 Å². The summed E-state index contributed by atoms with van der Waals surface area (Å²) < 4.78 is 0. The molecule has 1 aromatic carbocycles. The van der Waals surface area contributed by atoms with Crippen molar-refractivity contribution < 1.29 is 15.0 Å². The van der Waals surface area contributed by atoms with Crippen LogP contribution in [0.5, 0.6) is 0 Å². The normalized spacial score (nSPS) is 14.1. The van der Waals surface area contributed by atoms with E-state index in [1.54, 1.807) is 18.2 Å². The van der Waals surface area contributed by atoms with Crippen molar-refractivity contribution in [3.63, 3.8) is 0 Å². The number of hydrogen-bond acceptors (Lipinski definition) is 4. The minimum absolute atomic E-state index is 0.0172. The summed E-state index contributed by atoms with van der Waals surface area (Å²) in [7, 11) is 0. The van der Waals surface area contributed by atoms with Crippen LogP contribution < -0.4 is 11.1 Å². The summed E-state index contributed by atoms with van der Waals surface area (Å²) >= 11 is 0. The third kappa shape index (κ3) is 4.14. The average molecular weight is 238 g/mol. The number of nitrogens with one attached hydrogen (secondary N) is 1. The molecule has 17 heavy (non-hydrogen) atoms. The largest absolute Gasteiger partial charge is 0.388 e. The van der Waals surface area contributed by atoms with Crippen LogP contribution in [0.4, 0.5) is 0 Å². The summed E-state index contributed by atoms with van der Waals surface area (Å²) in [6, 6.07) is 7.06. The third-order valence-electron chi connectivity index (χ3n) is 2.45. The van der Waals surface area contributed by atoms with Gasteiger partial charge in [0.05, 0.1) is 0 Å². The van der Waals surface area contributed by atoms with E-state index in [9.17, 15) is 15.0 Å². The number of rotatable bonds is 5. The molecular formula is C12H18N2O3. The van der Waals surface area contributed by atoms with Crippen molar-refractivity contribution in [1.82, 2.24) is 5.32 Å². The first kappa shape index (κ1) is 13.6. The molecule has 0 radical (unpaired) electrons. The van der Waals surface area contributed by atoms with Gasteiger partial charge in [-0.15, -0.1) is 0 Å². The molecule has 0 spiro atoms. The first-order valence-corrected chi connectivity index (χ1v) is 5.44. The van der Waals surface area contributed by atoms with Crippen LogP contribution in [0, 0.1) is 0 Å². The number of aliphatic hydroxyl groups excluding tert-OH is 2. The van der Waals surface area contributed by atoms with Crippen LogP contribution >= 0.6 is 0 Å². The highest BCUT2D eigenvalue weighted by Gasteiger charge is 2.18. The van der Waals surface area contributed by atoms with E-state index in [1.165, 1.54) is 6.92 Å². The van der Waals surface area contributed by atoms with Crippen LogP contribution in [-0.4, -0.2) is 28.8 Å². The van der Waals surface area contributed by atoms with Crippen molar-refractivity contribution in [2.45, 2.75) is 25.7 Å². The Balaban J connectivity index is 2.66. The smallest absolute Gasteiger partial charge is 0.216 e. The second-order valence-electron chi connectivity index (χ2n) is 3.90. The van der Waals surface area contributed by atoms with E-state index >= 15 is 0 Å². The van der Waals surface area contributed by atoms with Crippen molar-refractivity contribution in [2.24, 2.45) is 5.73 Å². The molecule has 5 N–H and O–H groups in total. The third-order valence-corrected chi connectivity index (χ3v) is 2.45. The molecule has 2 atom stereocenters. The molecule has 5 nitrogen and oxygen atoms in total. The lowest BCUT2D eigenvalue weighted by atomic mass is 10.0. The Bertz CT molecular complexity index is 382. The van der Waals surface area contributed by atoms with Crippen LogP contribution in [0.1, 0.15) is 24.2 Å². The van der Waals surface area contributed by atoms with Crippen LogP contribution in [0.15, 0.2) is 24.3 Å². The van der Waals surface area contributed by atoms with Gasteiger partial charge in [-0.25, -0.2) is 0 Å². The van der Waals surface area contributed by atoms with Gasteiger partial charge < -0.3 is 21.3 Å². The second-order valence-corrected chi connectivity index (χ2v) is 3.90. The number of hydrogen-bond donors (Lipinski definition) is 4. The maximum Gasteiger partial charge on any atom is 0.216 e. The number of carbonyl (C=O) groups is 1. The fourth-order valence-electron chi connectivity index (χ4n) is 1.49. The average Bonchev–Trinajstić information content (AvgIpc) is 2.35. The van der Waals surface area contributed by atoms with Crippen LogP contribution in [-0.2, 0) is 11.3 Å². The van der Waals surface area contributed by atoms with Gasteiger partial charge in [0.25, 0.3) is 0 Å². The van der Waals surface area contributed by atoms with Gasteiger partial charge >= 0.3 is 0 Å². The summed E-state index contributed by atoms with van der Waals surface area (Å²) in [4.78, 5) is 10.7. The number of amides is 1. The van der Waals surface area contributed by atoms with Crippen molar-refractivity contribution in [1.29, 1.82) is 0 Å². The maximum atomic E-state index is 10.7. The van der Waals surface area contributed by atoms with Crippen LogP contribution in [0.2, 0.25) is 0 Å². The molecule has 2 unspecified atom stereocenters. The molecule has 0 saturated carbocycles. The minimum atomic E-state index is -1.04. The lowest BCUT2D eigenvalue weighted by molar-refractivity contribution is -0.119. The molecule has 0 aromatic heterocycles. The highest BCUT2D eigenvalue weighted by atomic mass is 16.3. The Morgan fingerprint density at radius 1 is 1.47 bits per heavy atom. The Morgan fingerprint density at radius 3 is 2.76 bits per heavy atom. The van der Waals surface area contributed by atoms with E-state index in [-0.39, 0.29) is 12.5 Å². The Hall–Kier alpha value is -1.43. The topological polar surface area (TPSA) is 95.6 Å². The lowest BCUT2D eigenvalue weighted by Gasteiger charge is -2.18. The van der Waals surface area contributed by atoms with Gasteiger partial charge in [0, 0.05) is 20.0 Å². The number of nitrogens with two attached hydrogens (primary N) is 1. The van der Waals surface area contributed by atoms with Crippen LogP contribution in [0.3, 0.4) is 0 Å². The zero-order valence-electron chi connectivity index (χ0n) is 9.76. The molecular weight excluding hydrogens is 220 g/mol. The first-order chi connectivity index (χ1) is 8.04. The zero-order chi connectivity index (χ0) is 12.8. The van der Waals surface area contributed by atoms with E-state index in [0.29, 0.717) is 12.1 Å². The molecule has 0 fully saturated rings. The monoisotopic (exact) mass is 238 g/mol. The number of benzene rings is 1. The molecule has 94 valence electrons. The van der Waals surface area contributed by atoms with Gasteiger partial charge in [0.2, 0.25) is 5.91 Å². The highest BCUT2D eigenvalue weighted by molar-refractivity contribution is 5.72. The molecule has 0 aliphatic rings. The fourth-order valence-corrected chi connectivity index (χ4v) is 1.49. The maximum absolute atomic E-state index is 10.7. The highest BCUT2D eigenvalue weighted by Crippen LogP contribution is 2.17. The molecule has 0 aliphatic heterocycles. The predicted octanol–water partition coefficient (Wildman–Crippen LogP) is -0.324. The van der Waals surface area contributed by atoms with E-state index in [2.05, 4.69) is 5.32 Å². The second kappa shape index (κ2) is 6.34. The summed E-state index contributed by atoms with van der Waals surface area (Å²) in [5.41, 5.74) is 6.96. The number of carbonyl (C=O) groups excluding carboxylic acids is 1. The molecule has 1 amide bonds. The first-order valence-electron chi connectivity index (χ1n) is 5.44. The molecule has 1 aromatic rings. The van der Waals surface area contributed by atoms with E-state index < -0.39 is 12.2 Å². The van der Waals surface area contributed by atoms with E-state index in [4.69, 9.17) is 5.73 Å². The van der Waals surface area contributed by atoms with Gasteiger partial charge in [-0.1, -0.05) is 24.3 Å². The lowest BCUT2D eigenvalue weighted by Crippen LogP contribution is -2.34. The van der Waals surface area contributed by atoms with Crippen molar-refractivity contribution in [3.8, 4) is 0 Å². The summed E-state index contributed by atoms with van der Waals surface area (Å²) in [6.45, 7) is 1.75. The van der Waals surface area contributed by atoms with Gasteiger partial charge in [-0.05, 0) is 11.1 Å². The summed E-state index contributed by atoms with van der Waals surface area (Å²) in [6.07, 6.45) is -2.07. The zero-order valence-corrected chi connectivity index (χ0v) is 9.76. The molecule has 0 saturated heterocycles. The quantitative estimate of drug-likeness (QED) is 0.565. The van der Waals surface area contributed by atoms with Gasteiger partial charge in [-0.2, -0.15) is 0 Å². The van der Waals surface area contributed by atoms with Crippen molar-refractivity contribution in [2.75, 3.05) is 6.54 Å². The standard InChI is InChI=1S/C12H18N2O3/c1-8(15)14-7-11(16)12(17)10-4-2-3-9(5-10)6-13/h2-5,11-12,16-17H,6-7,13H2,1H3,(H,14,15). The van der Waals surface area contributed by atoms with Crippen molar-refractivity contribution in [3.05, 3.63) is 35.4 Å².